The number of rotatable bonds is 7. The second kappa shape index (κ2) is 8.86. The minimum atomic E-state index is -3.95. The summed E-state index contributed by atoms with van der Waals surface area (Å²) in [5.74, 6) is -0.959. The first kappa shape index (κ1) is 21.2. The van der Waals surface area contributed by atoms with Crippen molar-refractivity contribution < 1.29 is 22.7 Å². The van der Waals surface area contributed by atoms with Gasteiger partial charge in [0.25, 0.3) is 0 Å². The van der Waals surface area contributed by atoms with Crippen LogP contribution in [-0.2, 0) is 26.1 Å². The topological polar surface area (TPSA) is 172 Å². The lowest BCUT2D eigenvalue weighted by Gasteiger charge is -2.13. The van der Waals surface area contributed by atoms with Crippen molar-refractivity contribution in [3.8, 4) is 0 Å². The van der Waals surface area contributed by atoms with E-state index in [9.17, 15) is 13.2 Å². The molecule has 3 rings (SSSR count). The van der Waals surface area contributed by atoms with Gasteiger partial charge < -0.3 is 20.9 Å². The van der Waals surface area contributed by atoms with Crippen molar-refractivity contribution in [2.45, 2.75) is 30.4 Å². The molecule has 0 aliphatic carbocycles. The lowest BCUT2D eigenvalue weighted by molar-refractivity contribution is 0.0462. The Hall–Kier alpha value is -2.54. The van der Waals surface area contributed by atoms with Crippen LogP contribution in [0.5, 0.6) is 0 Å². The monoisotopic (exact) mass is 442 g/mol. The number of halogens is 1. The first-order valence-electron chi connectivity index (χ1n) is 8.58. The number of esters is 1. The quantitative estimate of drug-likeness (QED) is 0.512. The molecule has 156 valence electrons. The van der Waals surface area contributed by atoms with Crippen LogP contribution in [0.3, 0.4) is 0 Å². The summed E-state index contributed by atoms with van der Waals surface area (Å²) >= 11 is 6.03. The Morgan fingerprint density at radius 1 is 1.28 bits per heavy atom. The summed E-state index contributed by atoms with van der Waals surface area (Å²) in [6.45, 7) is 0.403. The highest BCUT2D eigenvalue weighted by molar-refractivity contribution is 7.89. The maximum Gasteiger partial charge on any atom is 0.338 e. The van der Waals surface area contributed by atoms with Gasteiger partial charge in [0, 0.05) is 13.2 Å². The number of aromatic nitrogens is 3. The van der Waals surface area contributed by atoms with Gasteiger partial charge in [-0.3, -0.25) is 0 Å². The van der Waals surface area contributed by atoms with Crippen LogP contribution in [0.2, 0.25) is 5.02 Å². The molecule has 1 aromatic heterocycles. The average Bonchev–Trinajstić information content (AvgIpc) is 3.18. The molecule has 13 heteroatoms. The molecule has 1 aromatic carbocycles. The number of nitrogens with two attached hydrogens (primary N) is 2. The van der Waals surface area contributed by atoms with Crippen LogP contribution in [0.4, 0.5) is 11.9 Å². The van der Waals surface area contributed by atoms with E-state index in [-0.39, 0.29) is 52.5 Å². The first-order chi connectivity index (χ1) is 13.7. The van der Waals surface area contributed by atoms with Crippen LogP contribution in [0.15, 0.2) is 23.1 Å². The summed E-state index contributed by atoms with van der Waals surface area (Å²) < 4.78 is 38.1. The largest absolute Gasteiger partial charge is 0.454 e. The summed E-state index contributed by atoms with van der Waals surface area (Å²) in [4.78, 5) is 23.3. The minimum absolute atomic E-state index is 0.0121. The maximum absolute atomic E-state index is 12.6. The van der Waals surface area contributed by atoms with E-state index in [1.54, 1.807) is 0 Å². The third-order valence-corrected chi connectivity index (χ3v) is 5.94. The number of benzene rings is 1. The zero-order valence-electron chi connectivity index (χ0n) is 15.2. The Bertz CT molecular complexity index is 993. The molecule has 2 heterocycles. The van der Waals surface area contributed by atoms with E-state index < -0.39 is 16.0 Å². The van der Waals surface area contributed by atoms with Crippen molar-refractivity contribution in [2.24, 2.45) is 0 Å². The Balaban J connectivity index is 1.70. The maximum atomic E-state index is 12.6. The molecule has 0 bridgehead atoms. The van der Waals surface area contributed by atoms with Crippen molar-refractivity contribution in [1.82, 2.24) is 19.7 Å². The summed E-state index contributed by atoms with van der Waals surface area (Å²) in [6, 6.07) is 3.79. The van der Waals surface area contributed by atoms with Gasteiger partial charge in [-0.25, -0.2) is 17.9 Å². The van der Waals surface area contributed by atoms with Crippen molar-refractivity contribution in [1.29, 1.82) is 0 Å². The minimum Gasteiger partial charge on any atom is -0.454 e. The van der Waals surface area contributed by atoms with E-state index in [0.717, 1.165) is 18.9 Å². The van der Waals surface area contributed by atoms with Gasteiger partial charge in [-0.15, -0.1) is 0 Å². The van der Waals surface area contributed by atoms with E-state index in [4.69, 9.17) is 32.5 Å². The van der Waals surface area contributed by atoms with E-state index >= 15 is 0 Å². The fraction of sp³-hybridized carbons (Fsp3) is 0.375. The number of hydrogen-bond donors (Lipinski definition) is 3. The van der Waals surface area contributed by atoms with Crippen LogP contribution in [0.25, 0.3) is 0 Å². The second-order valence-electron chi connectivity index (χ2n) is 6.18. The number of anilines is 2. The van der Waals surface area contributed by atoms with Crippen LogP contribution in [0, 0.1) is 0 Å². The summed E-state index contributed by atoms with van der Waals surface area (Å²) in [5.41, 5.74) is 10.9. The molecule has 11 nitrogen and oxygen atoms in total. The van der Waals surface area contributed by atoms with Gasteiger partial charge in [-0.2, -0.15) is 15.0 Å². The molecular weight excluding hydrogens is 424 g/mol. The Morgan fingerprint density at radius 3 is 2.66 bits per heavy atom. The van der Waals surface area contributed by atoms with Crippen LogP contribution >= 0.6 is 11.6 Å². The molecular formula is C16H19ClN6O5S. The third-order valence-electron chi connectivity index (χ3n) is 4.03. The summed E-state index contributed by atoms with van der Waals surface area (Å²) in [6.07, 6.45) is 1.47. The van der Waals surface area contributed by atoms with Gasteiger partial charge in [-0.05, 0) is 31.0 Å². The first-order valence-corrected chi connectivity index (χ1v) is 10.4. The summed E-state index contributed by atoms with van der Waals surface area (Å²) in [7, 11) is -3.95. The number of carbonyl (C=O) groups excluding carboxylic acids is 1. The molecule has 1 unspecified atom stereocenters. The Morgan fingerprint density at radius 2 is 2.00 bits per heavy atom. The normalized spacial score (nSPS) is 16.7. The highest BCUT2D eigenvalue weighted by atomic mass is 35.5. The molecule has 2 aromatic rings. The molecule has 1 atom stereocenters. The molecule has 1 aliphatic rings. The average molecular weight is 443 g/mol. The molecule has 0 spiro atoms. The standard InChI is InChI=1S/C16H19ClN6O5S/c17-11-4-3-9(14(24)28-8-13-21-15(18)23-16(19)22-13)6-12(11)29(25,26)20-7-10-2-1-5-27-10/h3-4,6,10,20H,1-2,5,7-8H2,(H4,18,19,21,22,23). The van der Waals surface area contributed by atoms with Gasteiger partial charge in [0.05, 0.1) is 16.7 Å². The molecule has 0 radical (unpaired) electrons. The van der Waals surface area contributed by atoms with Crippen molar-refractivity contribution in [3.63, 3.8) is 0 Å². The Labute approximate surface area is 171 Å². The number of ether oxygens (including phenoxy) is 2. The smallest absolute Gasteiger partial charge is 0.338 e. The van der Waals surface area contributed by atoms with E-state index in [0.29, 0.717) is 6.61 Å². The van der Waals surface area contributed by atoms with Crippen LogP contribution < -0.4 is 16.2 Å². The predicted molar refractivity (Wildman–Crippen MR) is 103 cm³/mol. The number of carbonyl (C=O) groups is 1. The van der Waals surface area contributed by atoms with Gasteiger partial charge in [-0.1, -0.05) is 11.6 Å². The third kappa shape index (κ3) is 5.50. The number of sulfonamides is 1. The molecule has 5 N–H and O–H groups in total. The SMILES string of the molecule is Nc1nc(N)nc(COC(=O)c2ccc(Cl)c(S(=O)(=O)NCC3CCCO3)c2)n1. The number of hydrogen-bond acceptors (Lipinski definition) is 10. The highest BCUT2D eigenvalue weighted by Gasteiger charge is 2.23. The molecule has 1 saturated heterocycles. The molecule has 29 heavy (non-hydrogen) atoms. The van der Waals surface area contributed by atoms with Crippen molar-refractivity contribution in [3.05, 3.63) is 34.6 Å². The number of nitrogens with zero attached hydrogens (tertiary/aromatic N) is 3. The van der Waals surface area contributed by atoms with Crippen molar-refractivity contribution in [2.75, 3.05) is 24.6 Å². The van der Waals surface area contributed by atoms with Crippen molar-refractivity contribution >= 4 is 39.5 Å². The van der Waals surface area contributed by atoms with Gasteiger partial charge in [0.1, 0.15) is 4.90 Å². The second-order valence-corrected chi connectivity index (χ2v) is 8.32. The molecule has 0 amide bonds. The van der Waals surface area contributed by atoms with Gasteiger partial charge in [0.2, 0.25) is 21.9 Å². The van der Waals surface area contributed by atoms with E-state index in [2.05, 4.69) is 19.7 Å². The van der Waals surface area contributed by atoms with Gasteiger partial charge in [0.15, 0.2) is 12.4 Å². The molecule has 1 aliphatic heterocycles. The fourth-order valence-corrected chi connectivity index (χ4v) is 4.25. The summed E-state index contributed by atoms with van der Waals surface area (Å²) in [5, 5.41) is -0.0283. The lowest BCUT2D eigenvalue weighted by Crippen LogP contribution is -2.32. The Kier molecular flexibility index (Phi) is 6.47. The lowest BCUT2D eigenvalue weighted by atomic mass is 10.2. The van der Waals surface area contributed by atoms with Gasteiger partial charge >= 0.3 is 5.97 Å². The molecule has 1 fully saturated rings. The van der Waals surface area contributed by atoms with E-state index in [1.165, 1.54) is 12.1 Å². The predicted octanol–water partition coefficient (Wildman–Crippen LogP) is 0.504. The highest BCUT2D eigenvalue weighted by Crippen LogP contribution is 2.23. The molecule has 0 saturated carbocycles. The number of nitrogens with one attached hydrogen (secondary N) is 1. The zero-order chi connectivity index (χ0) is 21.0. The fourth-order valence-electron chi connectivity index (χ4n) is 2.66. The zero-order valence-corrected chi connectivity index (χ0v) is 16.7. The van der Waals surface area contributed by atoms with E-state index in [1.807, 2.05) is 0 Å². The van der Waals surface area contributed by atoms with Crippen LogP contribution in [0.1, 0.15) is 29.0 Å². The van der Waals surface area contributed by atoms with Crippen LogP contribution in [-0.4, -0.2) is 48.6 Å². The number of nitrogen functional groups attached to an aromatic ring is 2.